The molecule has 1 heterocycles. The molecule has 1 amide bonds. The molecule has 0 aromatic heterocycles. The van der Waals surface area contributed by atoms with Crippen LogP contribution in [-0.2, 0) is 0 Å². The number of nitrogens with zero attached hydrogens (tertiary/aromatic N) is 2. The van der Waals surface area contributed by atoms with Crippen molar-refractivity contribution in [3.05, 3.63) is 57.6 Å². The Hall–Kier alpha value is -3.62. The van der Waals surface area contributed by atoms with E-state index in [1.54, 1.807) is 18.2 Å². The van der Waals surface area contributed by atoms with Gasteiger partial charge in [0.1, 0.15) is 0 Å². The standard InChI is InChI=1S/C17H15N3O6/c21-14-4-2-11(8-13(14)20(23)24)10-18-19-17(22)12-3-5-15-16(9-12)26-7-1-6-25-15/h2-5,8-10,21H,1,6-7H2,(H,19,22)/b18-10+. The molecule has 0 saturated carbocycles. The van der Waals surface area contributed by atoms with Gasteiger partial charge in [0.05, 0.1) is 24.4 Å². The van der Waals surface area contributed by atoms with Crippen LogP contribution in [0.15, 0.2) is 41.5 Å². The maximum atomic E-state index is 12.2. The van der Waals surface area contributed by atoms with Crippen molar-refractivity contribution in [3.63, 3.8) is 0 Å². The predicted octanol–water partition coefficient (Wildman–Crippen LogP) is 2.23. The lowest BCUT2D eigenvalue weighted by molar-refractivity contribution is -0.385. The zero-order valence-corrected chi connectivity index (χ0v) is 13.5. The van der Waals surface area contributed by atoms with Gasteiger partial charge in [-0.25, -0.2) is 5.43 Å². The molecule has 0 radical (unpaired) electrons. The Balaban J connectivity index is 1.69. The van der Waals surface area contributed by atoms with Gasteiger partial charge in [0.2, 0.25) is 0 Å². The number of carbonyl (C=O) groups is 1. The Labute approximate surface area is 148 Å². The second kappa shape index (κ2) is 7.51. The van der Waals surface area contributed by atoms with Crippen molar-refractivity contribution >= 4 is 17.8 Å². The van der Waals surface area contributed by atoms with Gasteiger partial charge in [0.25, 0.3) is 5.91 Å². The fourth-order valence-corrected chi connectivity index (χ4v) is 2.30. The number of hydrogen-bond donors (Lipinski definition) is 2. The second-order valence-corrected chi connectivity index (χ2v) is 5.42. The average molecular weight is 357 g/mol. The van der Waals surface area contributed by atoms with E-state index >= 15 is 0 Å². The van der Waals surface area contributed by atoms with E-state index < -0.39 is 22.3 Å². The third kappa shape index (κ3) is 3.89. The maximum absolute atomic E-state index is 12.2. The van der Waals surface area contributed by atoms with Gasteiger partial charge in [0.15, 0.2) is 17.2 Å². The molecule has 9 nitrogen and oxygen atoms in total. The molecule has 3 rings (SSSR count). The molecule has 26 heavy (non-hydrogen) atoms. The van der Waals surface area contributed by atoms with Crippen LogP contribution in [0.2, 0.25) is 0 Å². The van der Waals surface area contributed by atoms with E-state index in [1.807, 2.05) is 0 Å². The van der Waals surface area contributed by atoms with E-state index in [9.17, 15) is 20.0 Å². The topological polar surface area (TPSA) is 123 Å². The number of fused-ring (bicyclic) bond motifs is 1. The number of amides is 1. The highest BCUT2D eigenvalue weighted by Crippen LogP contribution is 2.30. The minimum Gasteiger partial charge on any atom is -0.502 e. The largest absolute Gasteiger partial charge is 0.502 e. The van der Waals surface area contributed by atoms with Crippen molar-refractivity contribution in [1.82, 2.24) is 5.43 Å². The van der Waals surface area contributed by atoms with Crippen LogP contribution < -0.4 is 14.9 Å². The van der Waals surface area contributed by atoms with Gasteiger partial charge in [-0.15, -0.1) is 0 Å². The molecular formula is C17H15N3O6. The lowest BCUT2D eigenvalue weighted by Crippen LogP contribution is -2.17. The predicted molar refractivity (Wildman–Crippen MR) is 91.9 cm³/mol. The molecule has 0 fully saturated rings. The smallest absolute Gasteiger partial charge is 0.311 e. The summed E-state index contributed by atoms with van der Waals surface area (Å²) < 4.78 is 11.0. The molecule has 134 valence electrons. The highest BCUT2D eigenvalue weighted by molar-refractivity contribution is 5.95. The SMILES string of the molecule is O=C(N/N=C/c1ccc(O)c([N+](=O)[O-])c1)c1ccc2c(c1)OCCCO2. The number of nitro groups is 1. The summed E-state index contributed by atoms with van der Waals surface area (Å²) >= 11 is 0. The molecule has 0 saturated heterocycles. The van der Waals surface area contributed by atoms with Crippen LogP contribution in [0.1, 0.15) is 22.3 Å². The zero-order chi connectivity index (χ0) is 18.5. The molecule has 2 N–H and O–H groups in total. The van der Waals surface area contributed by atoms with Crippen molar-refractivity contribution in [2.45, 2.75) is 6.42 Å². The Morgan fingerprint density at radius 3 is 2.73 bits per heavy atom. The highest BCUT2D eigenvalue weighted by atomic mass is 16.6. The summed E-state index contributed by atoms with van der Waals surface area (Å²) in [5.74, 6) is 0.167. The number of carbonyl (C=O) groups excluding carboxylic acids is 1. The summed E-state index contributed by atoms with van der Waals surface area (Å²) in [5.41, 5.74) is 2.58. The van der Waals surface area contributed by atoms with Crippen LogP contribution in [-0.4, -0.2) is 35.4 Å². The molecule has 1 aliphatic heterocycles. The molecule has 2 aromatic rings. The molecular weight excluding hydrogens is 342 g/mol. The number of hydrazone groups is 1. The van der Waals surface area contributed by atoms with Crippen LogP contribution in [0.4, 0.5) is 5.69 Å². The van der Waals surface area contributed by atoms with Gasteiger partial charge >= 0.3 is 5.69 Å². The van der Waals surface area contributed by atoms with Gasteiger partial charge < -0.3 is 14.6 Å². The summed E-state index contributed by atoms with van der Waals surface area (Å²) in [4.78, 5) is 22.3. The Kier molecular flexibility index (Phi) is 4.97. The minimum absolute atomic E-state index is 0.336. The number of ether oxygens (including phenoxy) is 2. The highest BCUT2D eigenvalue weighted by Gasteiger charge is 2.14. The van der Waals surface area contributed by atoms with Gasteiger partial charge in [-0.3, -0.25) is 14.9 Å². The van der Waals surface area contributed by atoms with Crippen molar-refractivity contribution in [2.75, 3.05) is 13.2 Å². The van der Waals surface area contributed by atoms with Crippen LogP contribution >= 0.6 is 0 Å². The van der Waals surface area contributed by atoms with Crippen LogP contribution in [0.25, 0.3) is 0 Å². The number of nitro benzene ring substituents is 1. The quantitative estimate of drug-likeness (QED) is 0.491. The molecule has 9 heteroatoms. The molecule has 0 bridgehead atoms. The molecule has 0 spiro atoms. The third-order valence-electron chi connectivity index (χ3n) is 3.59. The van der Waals surface area contributed by atoms with Crippen molar-refractivity contribution < 1.29 is 24.3 Å². The van der Waals surface area contributed by atoms with E-state index in [2.05, 4.69) is 10.5 Å². The number of benzene rings is 2. The van der Waals surface area contributed by atoms with E-state index in [0.29, 0.717) is 35.8 Å². The van der Waals surface area contributed by atoms with Gasteiger partial charge in [-0.1, -0.05) is 0 Å². The van der Waals surface area contributed by atoms with Crippen molar-refractivity contribution in [1.29, 1.82) is 0 Å². The third-order valence-corrected chi connectivity index (χ3v) is 3.59. The van der Waals surface area contributed by atoms with E-state index in [-0.39, 0.29) is 0 Å². The molecule has 0 unspecified atom stereocenters. The van der Waals surface area contributed by atoms with Gasteiger partial charge in [-0.05, 0) is 30.3 Å². The van der Waals surface area contributed by atoms with Gasteiger partial charge in [0, 0.05) is 23.6 Å². The molecule has 0 atom stereocenters. The monoisotopic (exact) mass is 357 g/mol. The van der Waals surface area contributed by atoms with Crippen LogP contribution in [0, 0.1) is 10.1 Å². The molecule has 0 aliphatic carbocycles. The normalized spacial score (nSPS) is 13.2. The first-order chi connectivity index (χ1) is 12.5. The first-order valence-corrected chi connectivity index (χ1v) is 7.75. The van der Waals surface area contributed by atoms with Gasteiger partial charge in [-0.2, -0.15) is 5.10 Å². The maximum Gasteiger partial charge on any atom is 0.311 e. The van der Waals surface area contributed by atoms with Crippen LogP contribution in [0.3, 0.4) is 0 Å². The Morgan fingerprint density at radius 2 is 1.96 bits per heavy atom. The van der Waals surface area contributed by atoms with E-state index in [4.69, 9.17) is 9.47 Å². The number of phenolic OH excluding ortho intramolecular Hbond substituents is 1. The number of nitrogens with one attached hydrogen (secondary N) is 1. The summed E-state index contributed by atoms with van der Waals surface area (Å²) in [5, 5.41) is 24.0. The zero-order valence-electron chi connectivity index (χ0n) is 13.5. The fraction of sp³-hybridized carbons (Fsp3) is 0.176. The number of aromatic hydroxyl groups is 1. The average Bonchev–Trinajstić information content (AvgIpc) is 2.87. The van der Waals surface area contributed by atoms with Crippen molar-refractivity contribution in [2.24, 2.45) is 5.10 Å². The molecule has 1 aliphatic rings. The Morgan fingerprint density at radius 1 is 1.19 bits per heavy atom. The first-order valence-electron chi connectivity index (χ1n) is 7.75. The second-order valence-electron chi connectivity index (χ2n) is 5.42. The summed E-state index contributed by atoms with van der Waals surface area (Å²) in [6, 6.07) is 8.58. The summed E-state index contributed by atoms with van der Waals surface area (Å²) in [7, 11) is 0. The fourth-order valence-electron chi connectivity index (χ4n) is 2.30. The Bertz CT molecular complexity index is 881. The van der Waals surface area contributed by atoms with Crippen LogP contribution in [0.5, 0.6) is 17.2 Å². The van der Waals surface area contributed by atoms with E-state index in [1.165, 1.54) is 18.3 Å². The number of rotatable bonds is 4. The minimum atomic E-state index is -0.705. The first kappa shape index (κ1) is 17.2. The summed E-state index contributed by atoms with van der Waals surface area (Å²) in [6.07, 6.45) is 2.01. The van der Waals surface area contributed by atoms with E-state index in [0.717, 1.165) is 12.5 Å². The molecule has 2 aromatic carbocycles. The van der Waals surface area contributed by atoms with Crippen molar-refractivity contribution in [3.8, 4) is 17.2 Å². The lowest BCUT2D eigenvalue weighted by Gasteiger charge is -2.08. The number of hydrogen-bond acceptors (Lipinski definition) is 7. The summed E-state index contributed by atoms with van der Waals surface area (Å²) in [6.45, 7) is 1.07. The lowest BCUT2D eigenvalue weighted by atomic mass is 10.2. The number of phenols is 1.